The molecule has 0 spiro atoms. The second kappa shape index (κ2) is 8.86. The van der Waals surface area contributed by atoms with E-state index < -0.39 is 23.1 Å². The van der Waals surface area contributed by atoms with Crippen molar-refractivity contribution in [2.24, 2.45) is 5.92 Å². The van der Waals surface area contributed by atoms with E-state index in [1.165, 1.54) is 0 Å². The van der Waals surface area contributed by atoms with Gasteiger partial charge in [-0.2, -0.15) is 0 Å². The number of fused-ring (bicyclic) bond motifs is 1. The number of nitrogens with zero attached hydrogens (tertiary/aromatic N) is 1. The van der Waals surface area contributed by atoms with Crippen LogP contribution in [0.1, 0.15) is 52.9 Å². The minimum atomic E-state index is -0.701. The molecule has 2 aliphatic heterocycles. The predicted octanol–water partition coefficient (Wildman–Crippen LogP) is 2.89. The van der Waals surface area contributed by atoms with Gasteiger partial charge in [-0.15, -0.1) is 11.6 Å². The van der Waals surface area contributed by atoms with E-state index in [1.807, 2.05) is 20.8 Å². The molecule has 0 aromatic rings. The molecule has 3 rings (SSSR count). The van der Waals surface area contributed by atoms with E-state index in [0.29, 0.717) is 13.2 Å². The summed E-state index contributed by atoms with van der Waals surface area (Å²) in [6, 6.07) is -0.946. The minimum Gasteiger partial charge on any atom is -0.444 e. The highest BCUT2D eigenvalue weighted by molar-refractivity contribution is 7.18. The van der Waals surface area contributed by atoms with Crippen molar-refractivity contribution in [3.8, 4) is 0 Å². The van der Waals surface area contributed by atoms with Crippen LogP contribution in [-0.2, 0) is 19.0 Å². The van der Waals surface area contributed by atoms with E-state index in [0.717, 1.165) is 32.1 Å². The number of halogens is 1. The largest absolute Gasteiger partial charge is 0.444 e. The molecular weight excluding hydrogens is 415 g/mol. The van der Waals surface area contributed by atoms with Crippen molar-refractivity contribution in [1.82, 2.24) is 10.2 Å². The highest BCUT2D eigenvalue weighted by Crippen LogP contribution is 2.44. The number of hydrogen-bond acceptors (Lipinski definition) is 5. The molecule has 3 aliphatic rings. The number of amides is 2. The summed E-state index contributed by atoms with van der Waals surface area (Å²) in [6.07, 6.45) is 4.25. The molecule has 0 bridgehead atoms. The van der Waals surface area contributed by atoms with Crippen molar-refractivity contribution < 1.29 is 23.8 Å². The first-order valence-corrected chi connectivity index (χ1v) is 11.5. The number of carbonyl (C=O) groups is 2. The van der Waals surface area contributed by atoms with Crippen molar-refractivity contribution in [1.29, 1.82) is 0 Å². The van der Waals surface area contributed by atoms with E-state index in [1.54, 1.807) is 12.0 Å². The molecule has 7 nitrogen and oxygen atoms in total. The van der Waals surface area contributed by atoms with Gasteiger partial charge in [0.15, 0.2) is 0 Å². The number of carbonyl (C=O) groups excluding carboxylic acids is 2. The molecule has 0 aromatic heterocycles. The molecule has 2 amide bonds. The topological polar surface area (TPSA) is 77.1 Å². The third-order valence-corrected chi connectivity index (χ3v) is 7.23. The Balaban J connectivity index is 1.82. The van der Waals surface area contributed by atoms with Crippen molar-refractivity contribution in [3.63, 3.8) is 0 Å². The summed E-state index contributed by atoms with van der Waals surface area (Å²) in [4.78, 5) is 28.0. The molecule has 3 fully saturated rings. The Labute approximate surface area is 180 Å². The molecule has 9 heteroatoms. The van der Waals surface area contributed by atoms with Crippen molar-refractivity contribution >= 4 is 32.8 Å². The summed E-state index contributed by atoms with van der Waals surface area (Å²) in [6.45, 7) is 6.15. The van der Waals surface area contributed by atoms with E-state index in [4.69, 9.17) is 25.8 Å². The Bertz CT molecular complexity index is 624. The quantitative estimate of drug-likeness (QED) is 0.528. The van der Waals surface area contributed by atoms with Gasteiger partial charge in [-0.1, -0.05) is 28.5 Å². The zero-order chi connectivity index (χ0) is 21.4. The maximum atomic E-state index is 13.7. The molecule has 1 saturated carbocycles. The minimum absolute atomic E-state index is 0.0837. The Kier molecular flexibility index (Phi) is 7.04. The molecular formula is C20H34ClN2O5P. The van der Waals surface area contributed by atoms with Gasteiger partial charge in [0, 0.05) is 13.7 Å². The molecule has 0 aromatic carbocycles. The van der Waals surface area contributed by atoms with Crippen molar-refractivity contribution in [2.45, 2.75) is 87.4 Å². The number of rotatable bonds is 4. The van der Waals surface area contributed by atoms with Crippen molar-refractivity contribution in [3.05, 3.63) is 0 Å². The van der Waals surface area contributed by atoms with Gasteiger partial charge in [0.2, 0.25) is 5.91 Å². The average Bonchev–Trinajstić information content (AvgIpc) is 3.18. The smallest absolute Gasteiger partial charge is 0.408 e. The standard InChI is InChI=1S/C20H34ClN2O5P/c1-19(2,3)28-18(25)22-14(12-8-6-5-7-9-12)17(24)23-10-13(21)15-16(23)20(29,26-4)11-27-15/h12-16H,5-11,29H2,1-4H3,(H,22,25)/t13-,14+,15?,16?,20?/m1/s1. The van der Waals surface area contributed by atoms with Gasteiger partial charge in [-0.05, 0) is 39.5 Å². The van der Waals surface area contributed by atoms with Crippen LogP contribution in [0.25, 0.3) is 0 Å². The van der Waals surface area contributed by atoms with Gasteiger partial charge < -0.3 is 24.4 Å². The average molecular weight is 449 g/mol. The highest BCUT2D eigenvalue weighted by Gasteiger charge is 2.59. The zero-order valence-corrected chi connectivity index (χ0v) is 19.7. The fraction of sp³-hybridized carbons (Fsp3) is 0.900. The SMILES string of the molecule is COC1(P)COC2C1N(C(=O)[C@@H](NC(=O)OC(C)(C)C)C1CCCCC1)C[C@H]2Cl. The number of likely N-dealkylation sites (tertiary alicyclic amines) is 1. The lowest BCUT2D eigenvalue weighted by molar-refractivity contribution is -0.138. The number of alkyl carbamates (subject to hydrolysis) is 1. The summed E-state index contributed by atoms with van der Waals surface area (Å²) in [5.41, 5.74) is -0.630. The molecule has 29 heavy (non-hydrogen) atoms. The molecule has 6 atom stereocenters. The van der Waals surface area contributed by atoms with Crippen LogP contribution >= 0.6 is 20.8 Å². The lowest BCUT2D eigenvalue weighted by Gasteiger charge is -2.38. The van der Waals surface area contributed by atoms with Crippen LogP contribution < -0.4 is 5.32 Å². The van der Waals surface area contributed by atoms with E-state index >= 15 is 0 Å². The molecule has 1 N–H and O–H groups in total. The summed E-state index contributed by atoms with van der Waals surface area (Å²) < 4.78 is 17.0. The van der Waals surface area contributed by atoms with E-state index in [2.05, 4.69) is 14.6 Å². The van der Waals surface area contributed by atoms with Crippen LogP contribution in [0, 0.1) is 5.92 Å². The number of methoxy groups -OCH3 is 1. The van der Waals surface area contributed by atoms with Gasteiger partial charge >= 0.3 is 6.09 Å². The number of hydrogen-bond donors (Lipinski definition) is 1. The van der Waals surface area contributed by atoms with Gasteiger partial charge in [0.25, 0.3) is 0 Å². The molecule has 1 aliphatic carbocycles. The van der Waals surface area contributed by atoms with E-state index in [9.17, 15) is 9.59 Å². The first kappa shape index (κ1) is 23.1. The maximum absolute atomic E-state index is 13.7. The van der Waals surface area contributed by atoms with Gasteiger partial charge in [-0.25, -0.2) is 4.79 Å². The van der Waals surface area contributed by atoms with E-state index in [-0.39, 0.29) is 29.3 Å². The molecule has 0 radical (unpaired) electrons. The summed E-state index contributed by atoms with van der Waals surface area (Å²) >= 11 is 6.52. The highest BCUT2D eigenvalue weighted by atomic mass is 35.5. The molecule has 4 unspecified atom stereocenters. The Morgan fingerprint density at radius 3 is 2.52 bits per heavy atom. The van der Waals surface area contributed by atoms with Crippen LogP contribution in [0.2, 0.25) is 0 Å². The fourth-order valence-electron chi connectivity index (χ4n) is 4.70. The number of alkyl halides is 1. The predicted molar refractivity (Wildman–Crippen MR) is 114 cm³/mol. The fourth-order valence-corrected chi connectivity index (χ4v) is 5.52. The number of nitrogens with one attached hydrogen (secondary N) is 1. The Hall–Kier alpha value is -0.620. The van der Waals surface area contributed by atoms with Crippen LogP contribution in [-0.4, -0.2) is 71.7 Å². The maximum Gasteiger partial charge on any atom is 0.408 e. The van der Waals surface area contributed by atoms with Gasteiger partial charge in [-0.3, -0.25) is 4.79 Å². The summed E-state index contributed by atoms with van der Waals surface area (Å²) in [7, 11) is 4.30. The molecule has 2 saturated heterocycles. The van der Waals surface area contributed by atoms with Gasteiger partial charge in [0.05, 0.1) is 24.1 Å². The van der Waals surface area contributed by atoms with Crippen LogP contribution in [0.4, 0.5) is 4.79 Å². The molecule has 2 heterocycles. The normalized spacial score (nSPS) is 34.0. The molecule has 166 valence electrons. The first-order valence-electron chi connectivity index (χ1n) is 10.5. The summed E-state index contributed by atoms with van der Waals surface area (Å²) in [5.74, 6) is -0.0457. The van der Waals surface area contributed by atoms with Gasteiger partial charge in [0.1, 0.15) is 17.0 Å². The second-order valence-electron chi connectivity index (χ2n) is 9.41. The lowest BCUT2D eigenvalue weighted by atomic mass is 9.83. The third kappa shape index (κ3) is 5.00. The number of ether oxygens (including phenoxy) is 3. The Morgan fingerprint density at radius 2 is 1.93 bits per heavy atom. The summed E-state index contributed by atoms with van der Waals surface area (Å²) in [5, 5.41) is 1.86. The lowest BCUT2D eigenvalue weighted by Crippen LogP contribution is -2.58. The zero-order valence-electron chi connectivity index (χ0n) is 17.8. The van der Waals surface area contributed by atoms with Crippen molar-refractivity contribution in [2.75, 3.05) is 20.3 Å². The van der Waals surface area contributed by atoms with Crippen LogP contribution in [0.3, 0.4) is 0 Å². The van der Waals surface area contributed by atoms with Crippen LogP contribution in [0.15, 0.2) is 0 Å². The second-order valence-corrected chi connectivity index (χ2v) is 10.9. The Morgan fingerprint density at radius 1 is 1.28 bits per heavy atom. The van der Waals surface area contributed by atoms with Crippen LogP contribution in [0.5, 0.6) is 0 Å². The first-order chi connectivity index (χ1) is 13.6. The third-order valence-electron chi connectivity index (χ3n) is 6.10. The monoisotopic (exact) mass is 448 g/mol.